The fourth-order valence-electron chi connectivity index (χ4n) is 2.10. The van der Waals surface area contributed by atoms with E-state index in [2.05, 4.69) is 22.5 Å². The van der Waals surface area contributed by atoms with E-state index in [1.165, 1.54) is 16.0 Å². The lowest BCUT2D eigenvalue weighted by atomic mass is 9.94. The molecule has 0 bridgehead atoms. The third kappa shape index (κ3) is 1.33. The van der Waals surface area contributed by atoms with E-state index >= 15 is 0 Å². The molecular weight excluding hydrogens is 236 g/mol. The van der Waals surface area contributed by atoms with Crippen LogP contribution in [0.2, 0.25) is 0 Å². The van der Waals surface area contributed by atoms with Gasteiger partial charge in [0.2, 0.25) is 0 Å². The molecule has 0 unspecified atom stereocenters. The number of nitrogens with zero attached hydrogens (tertiary/aromatic N) is 1. The topological polar surface area (TPSA) is 39.6 Å². The highest BCUT2D eigenvalue weighted by Gasteiger charge is 2.18. The Kier molecular flexibility index (Phi) is 2.16. The molecule has 0 spiro atoms. The molecule has 0 aromatic carbocycles. The molecule has 0 atom stereocenters. The molecule has 16 heavy (non-hydrogen) atoms. The first kappa shape index (κ1) is 9.76. The van der Waals surface area contributed by atoms with Gasteiger partial charge in [-0.15, -0.1) is 11.3 Å². The molecule has 3 rings (SSSR count). The lowest BCUT2D eigenvalue weighted by Gasteiger charge is -2.16. The molecule has 4 heteroatoms. The number of rotatable bonds is 0. The Balaban J connectivity index is 2.32. The summed E-state index contributed by atoms with van der Waals surface area (Å²) in [6.45, 7) is 0. The minimum Gasteiger partial charge on any atom is -0.345 e. The number of aryl methyl sites for hydroxylation is 2. The molecule has 0 saturated heterocycles. The summed E-state index contributed by atoms with van der Waals surface area (Å²) in [7, 11) is 0. The van der Waals surface area contributed by atoms with E-state index in [1.807, 2.05) is 6.07 Å². The van der Waals surface area contributed by atoms with Crippen LogP contribution in [0.5, 0.6) is 0 Å². The summed E-state index contributed by atoms with van der Waals surface area (Å²) in [6.07, 6.45) is 2.05. The van der Waals surface area contributed by atoms with E-state index in [4.69, 9.17) is 17.5 Å². The number of aromatic nitrogens is 1. The molecule has 0 saturated carbocycles. The fraction of sp³-hybridized carbons (Fsp3) is 0.167. The van der Waals surface area contributed by atoms with E-state index in [-0.39, 0.29) is 0 Å². The van der Waals surface area contributed by atoms with Gasteiger partial charge in [0.05, 0.1) is 11.3 Å². The zero-order chi connectivity index (χ0) is 11.1. The van der Waals surface area contributed by atoms with Crippen LogP contribution in [0, 0.1) is 16.0 Å². The maximum atomic E-state index is 8.94. The highest BCUT2D eigenvalue weighted by molar-refractivity contribution is 7.71. The fourth-order valence-corrected chi connectivity index (χ4v) is 3.19. The van der Waals surface area contributed by atoms with Crippen LogP contribution in [0.15, 0.2) is 17.5 Å². The molecule has 78 valence electrons. The molecule has 1 aliphatic rings. The Morgan fingerprint density at radius 1 is 1.44 bits per heavy atom. The van der Waals surface area contributed by atoms with Gasteiger partial charge >= 0.3 is 0 Å². The highest BCUT2D eigenvalue weighted by atomic mass is 32.1. The molecule has 1 N–H and O–H groups in total. The lowest BCUT2D eigenvalue weighted by molar-refractivity contribution is 0.944. The van der Waals surface area contributed by atoms with Gasteiger partial charge in [-0.3, -0.25) is 0 Å². The summed E-state index contributed by atoms with van der Waals surface area (Å²) in [5.74, 6) is 0. The first-order valence-electron chi connectivity index (χ1n) is 5.02. The van der Waals surface area contributed by atoms with Gasteiger partial charge in [0.1, 0.15) is 10.7 Å². The van der Waals surface area contributed by atoms with E-state index in [0.717, 1.165) is 18.5 Å². The predicted octanol–water partition coefficient (Wildman–Crippen LogP) is 3.44. The number of aromatic amines is 1. The van der Waals surface area contributed by atoms with Crippen molar-refractivity contribution in [3.8, 4) is 17.3 Å². The van der Waals surface area contributed by atoms with Crippen LogP contribution < -0.4 is 0 Å². The van der Waals surface area contributed by atoms with Crippen LogP contribution in [0.4, 0.5) is 0 Å². The van der Waals surface area contributed by atoms with Crippen LogP contribution in [-0.4, -0.2) is 4.98 Å². The molecule has 1 aliphatic carbocycles. The molecular formula is C12H8N2S2. The van der Waals surface area contributed by atoms with Gasteiger partial charge in [0, 0.05) is 10.4 Å². The standard InChI is InChI=1S/C12H8N2S2/c13-6-8-5-7-1-2-10-9(3-4-16-10)11(7)14-12(8)15/h3-5H,1-2H2,(H,14,15). The zero-order valence-corrected chi connectivity index (χ0v) is 10.0. The van der Waals surface area contributed by atoms with Gasteiger partial charge in [-0.1, -0.05) is 12.2 Å². The van der Waals surface area contributed by atoms with Crippen molar-refractivity contribution >= 4 is 23.6 Å². The van der Waals surface area contributed by atoms with Crippen molar-refractivity contribution < 1.29 is 0 Å². The van der Waals surface area contributed by atoms with Crippen molar-refractivity contribution in [1.29, 1.82) is 5.26 Å². The Labute approximate surface area is 102 Å². The summed E-state index contributed by atoms with van der Waals surface area (Å²) in [6, 6.07) is 6.18. The number of H-pyrrole nitrogens is 1. The lowest BCUT2D eigenvalue weighted by Crippen LogP contribution is -2.04. The third-order valence-corrected chi connectivity index (χ3v) is 4.18. The second-order valence-corrected chi connectivity index (χ2v) is 5.19. The molecule has 2 aromatic heterocycles. The Morgan fingerprint density at radius 3 is 3.12 bits per heavy atom. The molecule has 2 aromatic rings. The van der Waals surface area contributed by atoms with Gasteiger partial charge in [-0.2, -0.15) is 5.26 Å². The normalized spacial score (nSPS) is 12.7. The van der Waals surface area contributed by atoms with Crippen LogP contribution >= 0.6 is 23.6 Å². The monoisotopic (exact) mass is 244 g/mol. The van der Waals surface area contributed by atoms with E-state index in [9.17, 15) is 0 Å². The summed E-state index contributed by atoms with van der Waals surface area (Å²) < 4.78 is 0.542. The van der Waals surface area contributed by atoms with Crippen LogP contribution in [0.25, 0.3) is 11.3 Å². The van der Waals surface area contributed by atoms with Crippen molar-refractivity contribution in [3.63, 3.8) is 0 Å². The van der Waals surface area contributed by atoms with Gasteiger partial charge in [-0.05, 0) is 35.9 Å². The predicted molar refractivity (Wildman–Crippen MR) is 67.1 cm³/mol. The summed E-state index contributed by atoms with van der Waals surface area (Å²) >= 11 is 6.95. The van der Waals surface area contributed by atoms with Gasteiger partial charge in [-0.25, -0.2) is 0 Å². The van der Waals surface area contributed by atoms with Crippen LogP contribution in [0.3, 0.4) is 0 Å². The maximum Gasteiger partial charge on any atom is 0.121 e. The number of hydrogen-bond acceptors (Lipinski definition) is 3. The number of fused-ring (bicyclic) bond motifs is 3. The summed E-state index contributed by atoms with van der Waals surface area (Å²) in [5, 5.41) is 11.0. The van der Waals surface area contributed by atoms with E-state index in [1.54, 1.807) is 11.3 Å². The smallest absolute Gasteiger partial charge is 0.121 e. The van der Waals surface area contributed by atoms with Crippen molar-refractivity contribution in [3.05, 3.63) is 38.2 Å². The Bertz CT molecular complexity index is 658. The van der Waals surface area contributed by atoms with Gasteiger partial charge < -0.3 is 4.98 Å². The van der Waals surface area contributed by atoms with Crippen molar-refractivity contribution in [2.75, 3.05) is 0 Å². The van der Waals surface area contributed by atoms with E-state index < -0.39 is 0 Å². The third-order valence-electron chi connectivity index (χ3n) is 2.88. The molecule has 2 nitrogen and oxygen atoms in total. The van der Waals surface area contributed by atoms with Crippen molar-refractivity contribution in [1.82, 2.24) is 4.98 Å². The SMILES string of the molecule is N#Cc1cc2c([nH]c1=S)-c1ccsc1CC2. The average molecular weight is 244 g/mol. The summed E-state index contributed by atoms with van der Waals surface area (Å²) in [5.41, 5.74) is 4.14. The number of pyridine rings is 1. The quantitative estimate of drug-likeness (QED) is 0.721. The Hall–Kier alpha value is -1.44. The minimum absolute atomic E-state index is 0.542. The van der Waals surface area contributed by atoms with Crippen LogP contribution in [0.1, 0.15) is 16.0 Å². The van der Waals surface area contributed by atoms with Crippen molar-refractivity contribution in [2.45, 2.75) is 12.8 Å². The molecule has 0 amide bonds. The largest absolute Gasteiger partial charge is 0.345 e. The van der Waals surface area contributed by atoms with Crippen molar-refractivity contribution in [2.24, 2.45) is 0 Å². The second-order valence-electron chi connectivity index (χ2n) is 3.78. The maximum absolute atomic E-state index is 8.94. The summed E-state index contributed by atoms with van der Waals surface area (Å²) in [4.78, 5) is 4.59. The van der Waals surface area contributed by atoms with Gasteiger partial charge in [0.15, 0.2) is 0 Å². The molecule has 0 fully saturated rings. The zero-order valence-electron chi connectivity index (χ0n) is 8.41. The first-order chi connectivity index (χ1) is 7.79. The Morgan fingerprint density at radius 2 is 2.31 bits per heavy atom. The molecule has 2 heterocycles. The molecule has 0 radical (unpaired) electrons. The highest BCUT2D eigenvalue weighted by Crippen LogP contribution is 2.35. The van der Waals surface area contributed by atoms with Crippen LogP contribution in [-0.2, 0) is 12.8 Å². The first-order valence-corrected chi connectivity index (χ1v) is 6.31. The number of thiophene rings is 1. The molecule has 0 aliphatic heterocycles. The average Bonchev–Trinajstić information content (AvgIpc) is 2.76. The number of hydrogen-bond donors (Lipinski definition) is 1. The minimum atomic E-state index is 0.542. The number of nitriles is 1. The van der Waals surface area contributed by atoms with E-state index in [0.29, 0.717) is 10.2 Å². The van der Waals surface area contributed by atoms with Gasteiger partial charge in [0.25, 0.3) is 0 Å². The number of nitrogens with one attached hydrogen (secondary N) is 1. The second kappa shape index (κ2) is 3.55.